The lowest BCUT2D eigenvalue weighted by Gasteiger charge is -2.44. The van der Waals surface area contributed by atoms with Gasteiger partial charge in [0.1, 0.15) is 5.54 Å². The number of nitrogens with one attached hydrogen (secondary N) is 1. The number of amides is 1. The highest BCUT2D eigenvalue weighted by Gasteiger charge is 2.50. The minimum absolute atomic E-state index is 0.282. The lowest BCUT2D eigenvalue weighted by Crippen LogP contribution is -2.62. The Morgan fingerprint density at radius 2 is 1.94 bits per heavy atom. The number of rotatable bonds is 4. The van der Waals surface area contributed by atoms with E-state index < -0.39 is 11.5 Å². The molecule has 0 unspecified atom stereocenters. The molecule has 0 aliphatic heterocycles. The van der Waals surface area contributed by atoms with Crippen molar-refractivity contribution in [1.82, 2.24) is 5.32 Å². The minimum Gasteiger partial charge on any atom is -0.480 e. The maximum atomic E-state index is 11.2. The van der Waals surface area contributed by atoms with Crippen LogP contribution in [0.2, 0.25) is 0 Å². The third-order valence-corrected chi connectivity index (χ3v) is 3.47. The Morgan fingerprint density at radius 3 is 2.44 bits per heavy atom. The highest BCUT2D eigenvalue weighted by molar-refractivity contribution is 5.87. The van der Waals surface area contributed by atoms with Crippen molar-refractivity contribution in [3.05, 3.63) is 35.9 Å². The SMILES string of the molecule is CC(=O)NC1(C(=O)O)CC(Cc2ccccc2)C1. The summed E-state index contributed by atoms with van der Waals surface area (Å²) in [6, 6.07) is 10.00. The molecule has 18 heavy (non-hydrogen) atoms. The molecule has 0 atom stereocenters. The predicted octanol–water partition coefficient (Wildman–Crippen LogP) is 1.60. The van der Waals surface area contributed by atoms with E-state index in [9.17, 15) is 14.7 Å². The van der Waals surface area contributed by atoms with Crippen LogP contribution in [0.25, 0.3) is 0 Å². The van der Waals surface area contributed by atoms with E-state index in [0.29, 0.717) is 18.8 Å². The van der Waals surface area contributed by atoms with Crippen molar-refractivity contribution in [1.29, 1.82) is 0 Å². The molecule has 0 saturated heterocycles. The number of carbonyl (C=O) groups excluding carboxylic acids is 1. The Kier molecular flexibility index (Phi) is 3.36. The van der Waals surface area contributed by atoms with Crippen LogP contribution in [0.1, 0.15) is 25.3 Å². The van der Waals surface area contributed by atoms with Crippen LogP contribution in [-0.2, 0) is 16.0 Å². The topological polar surface area (TPSA) is 66.4 Å². The molecule has 0 bridgehead atoms. The molecule has 0 heterocycles. The summed E-state index contributed by atoms with van der Waals surface area (Å²) in [5.74, 6) is -0.882. The van der Waals surface area contributed by atoms with Gasteiger partial charge in [-0.15, -0.1) is 0 Å². The van der Waals surface area contributed by atoms with Crippen LogP contribution in [0, 0.1) is 5.92 Å². The first-order valence-electron chi connectivity index (χ1n) is 6.08. The minimum atomic E-state index is -1.04. The second-order valence-corrected chi connectivity index (χ2v) is 5.03. The van der Waals surface area contributed by atoms with Crippen LogP contribution in [-0.4, -0.2) is 22.5 Å². The molecule has 1 aromatic carbocycles. The molecule has 1 saturated carbocycles. The fourth-order valence-electron chi connectivity index (χ4n) is 2.68. The molecule has 1 fully saturated rings. The maximum absolute atomic E-state index is 11.2. The summed E-state index contributed by atoms with van der Waals surface area (Å²) in [5.41, 5.74) is 0.176. The van der Waals surface area contributed by atoms with E-state index in [0.717, 1.165) is 6.42 Å². The van der Waals surface area contributed by atoms with E-state index in [-0.39, 0.29) is 5.91 Å². The molecule has 2 N–H and O–H groups in total. The summed E-state index contributed by atoms with van der Waals surface area (Å²) >= 11 is 0. The predicted molar refractivity (Wildman–Crippen MR) is 67.1 cm³/mol. The van der Waals surface area contributed by atoms with Gasteiger partial charge in [0.15, 0.2) is 0 Å². The van der Waals surface area contributed by atoms with Crippen molar-refractivity contribution in [3.8, 4) is 0 Å². The quantitative estimate of drug-likeness (QED) is 0.849. The summed E-state index contributed by atoms with van der Waals surface area (Å²) in [5, 5.41) is 11.8. The van der Waals surface area contributed by atoms with Crippen LogP contribution in [0.15, 0.2) is 30.3 Å². The van der Waals surface area contributed by atoms with Gasteiger partial charge in [-0.25, -0.2) is 4.79 Å². The van der Waals surface area contributed by atoms with Crippen molar-refractivity contribution >= 4 is 11.9 Å². The average Bonchev–Trinajstić information content (AvgIpc) is 2.26. The molecule has 4 nitrogen and oxygen atoms in total. The zero-order valence-electron chi connectivity index (χ0n) is 10.3. The monoisotopic (exact) mass is 247 g/mol. The molecule has 4 heteroatoms. The fraction of sp³-hybridized carbons (Fsp3) is 0.429. The number of carboxylic acids is 1. The maximum Gasteiger partial charge on any atom is 0.329 e. The third-order valence-electron chi connectivity index (χ3n) is 3.47. The molecule has 2 rings (SSSR count). The van der Waals surface area contributed by atoms with E-state index in [1.54, 1.807) is 0 Å². The lowest BCUT2D eigenvalue weighted by atomic mass is 9.66. The standard InChI is InChI=1S/C14H17NO3/c1-10(16)15-14(13(17)18)8-12(9-14)7-11-5-3-2-4-6-11/h2-6,12H,7-9H2,1H3,(H,15,16)(H,17,18). The van der Waals surface area contributed by atoms with Gasteiger partial charge < -0.3 is 10.4 Å². The molecular formula is C14H17NO3. The number of hydrogen-bond acceptors (Lipinski definition) is 2. The number of hydrogen-bond donors (Lipinski definition) is 2. The molecule has 1 aromatic rings. The highest BCUT2D eigenvalue weighted by Crippen LogP contribution is 2.40. The van der Waals surface area contributed by atoms with E-state index in [4.69, 9.17) is 0 Å². The summed E-state index contributed by atoms with van der Waals surface area (Å²) in [4.78, 5) is 22.3. The first-order valence-corrected chi connectivity index (χ1v) is 6.08. The van der Waals surface area contributed by atoms with Crippen molar-refractivity contribution in [2.45, 2.75) is 31.7 Å². The first-order chi connectivity index (χ1) is 8.52. The van der Waals surface area contributed by atoms with Gasteiger partial charge in [-0.1, -0.05) is 30.3 Å². The number of aliphatic carboxylic acids is 1. The molecule has 0 spiro atoms. The Labute approximate surface area is 106 Å². The second kappa shape index (κ2) is 4.80. The van der Waals surface area contributed by atoms with Crippen molar-refractivity contribution in [2.24, 2.45) is 5.92 Å². The molecule has 0 aromatic heterocycles. The zero-order valence-corrected chi connectivity index (χ0v) is 10.3. The molecule has 1 amide bonds. The van der Waals surface area contributed by atoms with Crippen LogP contribution in [0.5, 0.6) is 0 Å². The van der Waals surface area contributed by atoms with Gasteiger partial charge in [-0.3, -0.25) is 4.79 Å². The van der Waals surface area contributed by atoms with Crippen LogP contribution >= 0.6 is 0 Å². The van der Waals surface area contributed by atoms with E-state index in [1.165, 1.54) is 12.5 Å². The summed E-state index contributed by atoms with van der Waals surface area (Å²) in [6.45, 7) is 1.36. The van der Waals surface area contributed by atoms with Crippen molar-refractivity contribution < 1.29 is 14.7 Å². The van der Waals surface area contributed by atoms with Gasteiger partial charge in [0, 0.05) is 6.92 Å². The number of carbonyl (C=O) groups is 2. The largest absolute Gasteiger partial charge is 0.480 e. The normalized spacial score (nSPS) is 26.2. The molecule has 1 aliphatic carbocycles. The van der Waals surface area contributed by atoms with E-state index >= 15 is 0 Å². The number of carboxylic acid groups (broad SMARTS) is 1. The van der Waals surface area contributed by atoms with Crippen molar-refractivity contribution in [2.75, 3.05) is 0 Å². The van der Waals surface area contributed by atoms with Crippen LogP contribution in [0.3, 0.4) is 0 Å². The first kappa shape index (κ1) is 12.6. The van der Waals surface area contributed by atoms with Gasteiger partial charge in [-0.05, 0) is 30.7 Å². The van der Waals surface area contributed by atoms with Crippen LogP contribution in [0.4, 0.5) is 0 Å². The molecular weight excluding hydrogens is 230 g/mol. The van der Waals surface area contributed by atoms with Gasteiger partial charge in [-0.2, -0.15) is 0 Å². The van der Waals surface area contributed by atoms with E-state index in [1.807, 2.05) is 30.3 Å². The Bertz CT molecular complexity index is 449. The molecule has 1 aliphatic rings. The smallest absolute Gasteiger partial charge is 0.329 e. The van der Waals surface area contributed by atoms with E-state index in [2.05, 4.69) is 5.32 Å². The third kappa shape index (κ3) is 2.53. The second-order valence-electron chi connectivity index (χ2n) is 5.03. The number of benzene rings is 1. The average molecular weight is 247 g/mol. The Hall–Kier alpha value is -1.84. The van der Waals surface area contributed by atoms with Crippen molar-refractivity contribution in [3.63, 3.8) is 0 Å². The molecule has 0 radical (unpaired) electrons. The summed E-state index contributed by atoms with van der Waals surface area (Å²) in [6.07, 6.45) is 1.89. The van der Waals surface area contributed by atoms with Gasteiger partial charge in [0.05, 0.1) is 0 Å². The Morgan fingerprint density at radius 1 is 1.33 bits per heavy atom. The van der Waals surface area contributed by atoms with Crippen LogP contribution < -0.4 is 5.32 Å². The fourth-order valence-corrected chi connectivity index (χ4v) is 2.68. The zero-order chi connectivity index (χ0) is 13.2. The van der Waals surface area contributed by atoms with Gasteiger partial charge in [0.25, 0.3) is 0 Å². The van der Waals surface area contributed by atoms with Gasteiger partial charge >= 0.3 is 5.97 Å². The molecule has 96 valence electrons. The Balaban J connectivity index is 1.95. The lowest BCUT2D eigenvalue weighted by molar-refractivity contribution is -0.154. The highest BCUT2D eigenvalue weighted by atomic mass is 16.4. The van der Waals surface area contributed by atoms with Gasteiger partial charge in [0.2, 0.25) is 5.91 Å². The summed E-state index contributed by atoms with van der Waals surface area (Å²) in [7, 11) is 0. The summed E-state index contributed by atoms with van der Waals surface area (Å²) < 4.78 is 0.